The Bertz CT molecular complexity index is 1160. The van der Waals surface area contributed by atoms with Gasteiger partial charge in [-0.05, 0) is 29.8 Å². The Labute approximate surface area is 180 Å². The zero-order valence-corrected chi connectivity index (χ0v) is 16.8. The molecule has 1 atom stereocenters. The molecule has 0 fully saturated rings. The first-order valence-corrected chi connectivity index (χ1v) is 9.49. The van der Waals surface area contributed by atoms with Crippen LogP contribution < -0.4 is 10.6 Å². The lowest BCUT2D eigenvalue weighted by Crippen LogP contribution is -2.35. The van der Waals surface area contributed by atoms with Gasteiger partial charge in [0.1, 0.15) is 0 Å². The molecule has 2 aromatic heterocycles. The van der Waals surface area contributed by atoms with Crippen LogP contribution in [0, 0.1) is 0 Å². The first kappa shape index (κ1) is 19.7. The van der Waals surface area contributed by atoms with Gasteiger partial charge in [0.05, 0.1) is 17.0 Å². The van der Waals surface area contributed by atoms with Crippen molar-refractivity contribution >= 4 is 29.9 Å². The number of nitrogens with zero attached hydrogens (tertiary/aromatic N) is 2. The van der Waals surface area contributed by atoms with E-state index in [4.69, 9.17) is 0 Å². The molecular formula is C23H20ClN5O. The molecule has 5 rings (SSSR count). The Hall–Kier alpha value is -3.64. The highest BCUT2D eigenvalue weighted by atomic mass is 35.5. The number of aromatic amines is 1. The molecule has 6 nitrogen and oxygen atoms in total. The number of rotatable bonds is 4. The van der Waals surface area contributed by atoms with Crippen LogP contribution in [-0.2, 0) is 0 Å². The molecule has 2 aromatic carbocycles. The zero-order valence-electron chi connectivity index (χ0n) is 16.0. The SMILES string of the molecule is Cl.O=C1NCC(c2ccccc2)c2[nH]c(-c3ccnc(Nc4ccccc4)n3)cc21. The van der Waals surface area contributed by atoms with Gasteiger partial charge >= 0.3 is 0 Å². The number of aromatic nitrogens is 3. The maximum atomic E-state index is 12.4. The van der Waals surface area contributed by atoms with E-state index in [2.05, 4.69) is 37.7 Å². The summed E-state index contributed by atoms with van der Waals surface area (Å²) in [5.41, 5.74) is 5.19. The van der Waals surface area contributed by atoms with E-state index in [-0.39, 0.29) is 24.2 Å². The van der Waals surface area contributed by atoms with E-state index in [1.807, 2.05) is 60.7 Å². The number of H-pyrrole nitrogens is 1. The largest absolute Gasteiger partial charge is 0.356 e. The second kappa shape index (κ2) is 8.39. The summed E-state index contributed by atoms with van der Waals surface area (Å²) in [5, 5.41) is 6.20. The van der Waals surface area contributed by atoms with Gasteiger partial charge in [0, 0.05) is 30.0 Å². The summed E-state index contributed by atoms with van der Waals surface area (Å²) in [6.07, 6.45) is 1.71. The summed E-state index contributed by atoms with van der Waals surface area (Å²) >= 11 is 0. The normalized spacial score (nSPS) is 14.9. The predicted molar refractivity (Wildman–Crippen MR) is 119 cm³/mol. The molecule has 0 saturated heterocycles. The Kier molecular flexibility index (Phi) is 5.50. The number of hydrogen-bond acceptors (Lipinski definition) is 4. The third-order valence-corrected chi connectivity index (χ3v) is 5.07. The minimum atomic E-state index is -0.0635. The molecule has 0 aliphatic carbocycles. The fraction of sp³-hybridized carbons (Fsp3) is 0.0870. The van der Waals surface area contributed by atoms with Crippen LogP contribution >= 0.6 is 12.4 Å². The van der Waals surface area contributed by atoms with Gasteiger partial charge in [-0.25, -0.2) is 9.97 Å². The molecule has 0 spiro atoms. The van der Waals surface area contributed by atoms with E-state index in [0.717, 1.165) is 28.3 Å². The molecule has 4 aromatic rings. The molecule has 1 amide bonds. The van der Waals surface area contributed by atoms with Crippen LogP contribution in [0.4, 0.5) is 11.6 Å². The van der Waals surface area contributed by atoms with Crippen LogP contribution in [0.15, 0.2) is 79.0 Å². The summed E-state index contributed by atoms with van der Waals surface area (Å²) in [6, 6.07) is 23.7. The lowest BCUT2D eigenvalue weighted by molar-refractivity contribution is 0.0942. The molecule has 3 heterocycles. The highest BCUT2D eigenvalue weighted by Crippen LogP contribution is 2.32. The lowest BCUT2D eigenvalue weighted by Gasteiger charge is -2.23. The average Bonchev–Trinajstić information content (AvgIpc) is 3.22. The summed E-state index contributed by atoms with van der Waals surface area (Å²) in [7, 11) is 0. The van der Waals surface area contributed by atoms with Crippen LogP contribution in [-0.4, -0.2) is 27.4 Å². The summed E-state index contributed by atoms with van der Waals surface area (Å²) in [6.45, 7) is 0.570. The monoisotopic (exact) mass is 417 g/mol. The van der Waals surface area contributed by atoms with E-state index in [1.165, 1.54) is 0 Å². The fourth-order valence-corrected chi connectivity index (χ4v) is 3.65. The quantitative estimate of drug-likeness (QED) is 0.456. The van der Waals surface area contributed by atoms with Crippen molar-refractivity contribution in [2.24, 2.45) is 0 Å². The van der Waals surface area contributed by atoms with Gasteiger partial charge < -0.3 is 15.6 Å². The predicted octanol–water partition coefficient (Wildman–Crippen LogP) is 4.51. The van der Waals surface area contributed by atoms with Crippen LogP contribution in [0.5, 0.6) is 0 Å². The molecule has 3 N–H and O–H groups in total. The number of anilines is 2. The lowest BCUT2D eigenvalue weighted by atomic mass is 9.90. The first-order valence-electron chi connectivity index (χ1n) is 9.49. The van der Waals surface area contributed by atoms with Gasteiger partial charge in [-0.3, -0.25) is 4.79 Å². The zero-order chi connectivity index (χ0) is 19.6. The van der Waals surface area contributed by atoms with Crippen molar-refractivity contribution < 1.29 is 4.79 Å². The van der Waals surface area contributed by atoms with Crippen molar-refractivity contribution in [3.05, 3.63) is 95.8 Å². The maximum Gasteiger partial charge on any atom is 0.253 e. The van der Waals surface area contributed by atoms with E-state index >= 15 is 0 Å². The van der Waals surface area contributed by atoms with Crippen LogP contribution in [0.3, 0.4) is 0 Å². The number of halogens is 1. The highest BCUT2D eigenvalue weighted by Gasteiger charge is 2.29. The van der Waals surface area contributed by atoms with Crippen LogP contribution in [0.25, 0.3) is 11.4 Å². The Balaban J connectivity index is 0.00000218. The maximum absolute atomic E-state index is 12.4. The van der Waals surface area contributed by atoms with Crippen molar-refractivity contribution in [3.63, 3.8) is 0 Å². The average molecular weight is 418 g/mol. The second-order valence-corrected chi connectivity index (χ2v) is 6.94. The van der Waals surface area contributed by atoms with Gasteiger partial charge in [0.25, 0.3) is 5.91 Å². The molecule has 0 radical (unpaired) electrons. The van der Waals surface area contributed by atoms with Crippen molar-refractivity contribution in [2.75, 3.05) is 11.9 Å². The Morgan fingerprint density at radius 1 is 0.967 bits per heavy atom. The molecule has 0 saturated carbocycles. The molecule has 30 heavy (non-hydrogen) atoms. The van der Waals surface area contributed by atoms with E-state index < -0.39 is 0 Å². The number of fused-ring (bicyclic) bond motifs is 1. The van der Waals surface area contributed by atoms with Crippen molar-refractivity contribution in [1.29, 1.82) is 0 Å². The van der Waals surface area contributed by atoms with Gasteiger partial charge in [0.15, 0.2) is 0 Å². The van der Waals surface area contributed by atoms with Gasteiger partial charge in [-0.2, -0.15) is 0 Å². The number of hydrogen-bond donors (Lipinski definition) is 3. The van der Waals surface area contributed by atoms with E-state index in [0.29, 0.717) is 18.1 Å². The number of amides is 1. The van der Waals surface area contributed by atoms with Crippen molar-refractivity contribution in [1.82, 2.24) is 20.3 Å². The third-order valence-electron chi connectivity index (χ3n) is 5.07. The molecular weight excluding hydrogens is 398 g/mol. The summed E-state index contributed by atoms with van der Waals surface area (Å²) in [4.78, 5) is 24.8. The highest BCUT2D eigenvalue weighted by molar-refractivity contribution is 5.98. The minimum Gasteiger partial charge on any atom is -0.356 e. The van der Waals surface area contributed by atoms with Crippen molar-refractivity contribution in [2.45, 2.75) is 5.92 Å². The molecule has 1 unspecified atom stereocenters. The van der Waals surface area contributed by atoms with Gasteiger partial charge in [0.2, 0.25) is 5.95 Å². The van der Waals surface area contributed by atoms with Gasteiger partial charge in [-0.1, -0.05) is 48.5 Å². The second-order valence-electron chi connectivity index (χ2n) is 6.94. The van der Waals surface area contributed by atoms with E-state index in [9.17, 15) is 4.79 Å². The number of carbonyl (C=O) groups is 1. The summed E-state index contributed by atoms with van der Waals surface area (Å²) in [5.74, 6) is 0.526. The molecule has 150 valence electrons. The number of nitrogens with one attached hydrogen (secondary N) is 3. The Morgan fingerprint density at radius 2 is 1.70 bits per heavy atom. The van der Waals surface area contributed by atoms with Crippen LogP contribution in [0.1, 0.15) is 27.5 Å². The summed E-state index contributed by atoms with van der Waals surface area (Å²) < 4.78 is 0. The van der Waals surface area contributed by atoms with E-state index in [1.54, 1.807) is 6.20 Å². The molecule has 1 aliphatic rings. The topological polar surface area (TPSA) is 82.7 Å². The van der Waals surface area contributed by atoms with Crippen molar-refractivity contribution in [3.8, 4) is 11.4 Å². The minimum absolute atomic E-state index is 0. The Morgan fingerprint density at radius 3 is 2.47 bits per heavy atom. The number of benzene rings is 2. The standard InChI is InChI=1S/C23H19N5O.ClH/c29-22-17-13-20(27-21(17)18(14-25-22)15-7-3-1-4-8-15)19-11-12-24-23(28-19)26-16-9-5-2-6-10-16;/h1-13,18,27H,14H2,(H,25,29)(H,24,26,28);1H. The fourth-order valence-electron chi connectivity index (χ4n) is 3.65. The third kappa shape index (κ3) is 3.77. The van der Waals surface area contributed by atoms with Crippen LogP contribution in [0.2, 0.25) is 0 Å². The molecule has 1 aliphatic heterocycles. The number of para-hydroxylation sites is 1. The first-order chi connectivity index (χ1) is 14.3. The smallest absolute Gasteiger partial charge is 0.253 e. The molecule has 7 heteroatoms. The van der Waals surface area contributed by atoms with Gasteiger partial charge in [-0.15, -0.1) is 12.4 Å². The number of carbonyl (C=O) groups excluding carboxylic acids is 1. The molecule has 0 bridgehead atoms.